The molecule has 0 fully saturated rings. The van der Waals surface area contributed by atoms with Crippen molar-refractivity contribution in [1.29, 1.82) is 5.26 Å². The molecule has 0 saturated heterocycles. The fourth-order valence-corrected chi connectivity index (χ4v) is 3.47. The summed E-state index contributed by atoms with van der Waals surface area (Å²) in [4.78, 5) is 13.2. The van der Waals surface area contributed by atoms with Crippen LogP contribution in [0.25, 0.3) is 0 Å². The van der Waals surface area contributed by atoms with Crippen LogP contribution < -0.4 is 0 Å². The quantitative estimate of drug-likeness (QED) is 0.525. The molecule has 0 bridgehead atoms. The molecule has 142 valence electrons. The van der Waals surface area contributed by atoms with Gasteiger partial charge in [-0.1, -0.05) is 86.6 Å². The first kappa shape index (κ1) is 19.6. The molecule has 0 amide bonds. The minimum Gasteiger partial charge on any atom is -0.360 e. The van der Waals surface area contributed by atoms with Gasteiger partial charge in [-0.05, 0) is 11.1 Å². The lowest BCUT2D eigenvalue weighted by Crippen LogP contribution is -2.18. The summed E-state index contributed by atoms with van der Waals surface area (Å²) in [6, 6.07) is 21.8. The largest absolute Gasteiger partial charge is 0.360 e. The average molecular weight is 372 g/mol. The maximum Gasteiger partial charge on any atom is 0.168 e. The zero-order valence-corrected chi connectivity index (χ0v) is 16.4. The third kappa shape index (κ3) is 4.20. The minimum atomic E-state index is -0.425. The Bertz CT molecular complexity index is 963. The second kappa shape index (κ2) is 8.22. The first-order valence-electron chi connectivity index (χ1n) is 9.39. The molecule has 4 nitrogen and oxygen atoms in total. The van der Waals surface area contributed by atoms with E-state index in [0.717, 1.165) is 11.1 Å². The third-order valence-corrected chi connectivity index (χ3v) is 4.89. The highest BCUT2D eigenvalue weighted by molar-refractivity contribution is 5.97. The number of nitrogens with zero attached hydrogens (tertiary/aromatic N) is 2. The van der Waals surface area contributed by atoms with E-state index in [1.165, 1.54) is 6.20 Å². The van der Waals surface area contributed by atoms with Gasteiger partial charge in [0.25, 0.3) is 0 Å². The van der Waals surface area contributed by atoms with Crippen molar-refractivity contribution in [2.45, 2.75) is 44.4 Å². The summed E-state index contributed by atoms with van der Waals surface area (Å²) in [6.07, 6.45) is 1.70. The maximum atomic E-state index is 13.2. The van der Waals surface area contributed by atoms with Crippen LogP contribution in [0.15, 0.2) is 71.4 Å². The molecular weight excluding hydrogens is 348 g/mol. The minimum absolute atomic E-state index is 0.0591. The summed E-state index contributed by atoms with van der Waals surface area (Å²) >= 11 is 0. The van der Waals surface area contributed by atoms with Crippen LogP contribution >= 0.6 is 0 Å². The molecule has 0 aliphatic rings. The van der Waals surface area contributed by atoms with E-state index in [9.17, 15) is 10.1 Å². The molecule has 0 saturated carbocycles. The molecule has 4 heteroatoms. The number of carbonyl (C=O) groups excluding carboxylic acids is 1. The smallest absolute Gasteiger partial charge is 0.168 e. The number of hydrogen-bond donors (Lipinski definition) is 0. The first-order chi connectivity index (χ1) is 13.4. The molecule has 0 radical (unpaired) electrons. The number of ketones is 1. The van der Waals surface area contributed by atoms with Crippen molar-refractivity contribution in [3.63, 3.8) is 0 Å². The highest BCUT2D eigenvalue weighted by atomic mass is 16.5. The molecule has 0 unspecified atom stereocenters. The van der Waals surface area contributed by atoms with Gasteiger partial charge in [0.05, 0.1) is 23.7 Å². The van der Waals surface area contributed by atoms with E-state index in [-0.39, 0.29) is 23.5 Å². The Labute approximate surface area is 165 Å². The predicted octanol–water partition coefficient (Wildman–Crippen LogP) is 5.64. The number of aromatic nitrogens is 1. The van der Waals surface area contributed by atoms with Gasteiger partial charge in [0.1, 0.15) is 0 Å². The Morgan fingerprint density at radius 3 is 2.14 bits per heavy atom. The lowest BCUT2D eigenvalue weighted by Gasteiger charge is -2.23. The number of carbonyl (C=O) groups is 1. The average Bonchev–Trinajstić information content (AvgIpc) is 3.20. The van der Waals surface area contributed by atoms with Crippen molar-refractivity contribution in [3.8, 4) is 6.07 Å². The van der Waals surface area contributed by atoms with E-state index in [1.54, 1.807) is 0 Å². The monoisotopic (exact) mass is 372 g/mol. The van der Waals surface area contributed by atoms with E-state index in [2.05, 4.69) is 11.2 Å². The number of nitriles is 1. The Balaban J connectivity index is 1.98. The Kier molecular flexibility index (Phi) is 5.75. The maximum absolute atomic E-state index is 13.2. The molecule has 3 aromatic rings. The standard InChI is InChI=1S/C24H24N2O2/c1-24(2,3)23-21(16-26-28-23)22(27)14-19(17-10-6-4-7-11-17)20(15-25)18-12-8-5-9-13-18/h4-13,16,19-20H,14H2,1-3H3/t19-,20-/m0/s1. The summed E-state index contributed by atoms with van der Waals surface area (Å²) in [5, 5.41) is 13.8. The number of benzene rings is 2. The van der Waals surface area contributed by atoms with Gasteiger partial charge in [-0.25, -0.2) is 0 Å². The predicted molar refractivity (Wildman–Crippen MR) is 108 cm³/mol. The number of hydrogen-bond acceptors (Lipinski definition) is 4. The molecule has 3 rings (SSSR count). The van der Waals surface area contributed by atoms with E-state index >= 15 is 0 Å². The molecule has 0 spiro atoms. The molecule has 0 aliphatic carbocycles. The molecule has 1 heterocycles. The van der Waals surface area contributed by atoms with Gasteiger partial charge >= 0.3 is 0 Å². The van der Waals surface area contributed by atoms with Crippen molar-refractivity contribution >= 4 is 5.78 Å². The van der Waals surface area contributed by atoms with E-state index in [1.807, 2.05) is 81.4 Å². The topological polar surface area (TPSA) is 66.9 Å². The van der Waals surface area contributed by atoms with E-state index in [0.29, 0.717) is 11.3 Å². The molecule has 0 aliphatic heterocycles. The Hall–Kier alpha value is -3.19. The highest BCUT2D eigenvalue weighted by Gasteiger charge is 2.31. The molecule has 2 atom stereocenters. The third-order valence-electron chi connectivity index (χ3n) is 4.89. The van der Waals surface area contributed by atoms with Crippen LogP contribution in [0.2, 0.25) is 0 Å². The second-order valence-electron chi connectivity index (χ2n) is 7.98. The molecule has 1 aromatic heterocycles. The van der Waals surface area contributed by atoms with Crippen molar-refractivity contribution in [3.05, 3.63) is 89.3 Å². The van der Waals surface area contributed by atoms with E-state index < -0.39 is 5.92 Å². The first-order valence-corrected chi connectivity index (χ1v) is 9.39. The Morgan fingerprint density at radius 2 is 1.61 bits per heavy atom. The van der Waals surface area contributed by atoms with Gasteiger partial charge in [0.2, 0.25) is 0 Å². The fourth-order valence-electron chi connectivity index (χ4n) is 3.47. The van der Waals surface area contributed by atoms with Gasteiger partial charge in [-0.3, -0.25) is 4.79 Å². The van der Waals surface area contributed by atoms with Crippen LogP contribution in [0.3, 0.4) is 0 Å². The highest BCUT2D eigenvalue weighted by Crippen LogP contribution is 2.37. The second-order valence-corrected chi connectivity index (χ2v) is 7.98. The van der Waals surface area contributed by atoms with Crippen LogP contribution in [0.1, 0.15) is 66.3 Å². The SMILES string of the molecule is CC(C)(C)c1oncc1C(=O)C[C@@H](c1ccccc1)[C@@H](C#N)c1ccccc1. The molecular formula is C24H24N2O2. The normalized spacial score (nSPS) is 13.5. The van der Waals surface area contributed by atoms with Crippen molar-refractivity contribution < 1.29 is 9.32 Å². The van der Waals surface area contributed by atoms with Crippen molar-refractivity contribution in [2.24, 2.45) is 0 Å². The number of rotatable bonds is 6. The fraction of sp³-hybridized carbons (Fsp3) is 0.292. The van der Waals surface area contributed by atoms with Crippen LogP contribution in [-0.4, -0.2) is 10.9 Å². The van der Waals surface area contributed by atoms with Crippen LogP contribution in [0, 0.1) is 11.3 Å². The van der Waals surface area contributed by atoms with Crippen LogP contribution in [0.4, 0.5) is 0 Å². The molecule has 0 N–H and O–H groups in total. The van der Waals surface area contributed by atoms with Crippen molar-refractivity contribution in [2.75, 3.05) is 0 Å². The zero-order chi connectivity index (χ0) is 20.1. The Morgan fingerprint density at radius 1 is 1.04 bits per heavy atom. The van der Waals surface area contributed by atoms with Gasteiger partial charge in [0, 0.05) is 17.8 Å². The van der Waals surface area contributed by atoms with Crippen molar-refractivity contribution in [1.82, 2.24) is 5.16 Å². The lowest BCUT2D eigenvalue weighted by atomic mass is 9.78. The zero-order valence-electron chi connectivity index (χ0n) is 16.4. The van der Waals surface area contributed by atoms with Crippen LogP contribution in [0.5, 0.6) is 0 Å². The summed E-state index contributed by atoms with van der Waals surface area (Å²) in [6.45, 7) is 5.96. The van der Waals surface area contributed by atoms with Gasteiger partial charge < -0.3 is 4.52 Å². The van der Waals surface area contributed by atoms with E-state index in [4.69, 9.17) is 4.52 Å². The molecule has 2 aromatic carbocycles. The number of Topliss-reactive ketones (excluding diaryl/α,β-unsaturated/α-hetero) is 1. The van der Waals surface area contributed by atoms with Gasteiger partial charge in [-0.2, -0.15) is 5.26 Å². The van der Waals surface area contributed by atoms with Crippen LogP contribution in [-0.2, 0) is 5.41 Å². The summed E-state index contributed by atoms with van der Waals surface area (Å²) in [5.74, 6) is -0.164. The molecule has 28 heavy (non-hydrogen) atoms. The summed E-state index contributed by atoms with van der Waals surface area (Å²) < 4.78 is 5.37. The lowest BCUT2D eigenvalue weighted by molar-refractivity contribution is 0.0967. The van der Waals surface area contributed by atoms with Gasteiger partial charge in [-0.15, -0.1) is 0 Å². The summed E-state index contributed by atoms with van der Waals surface area (Å²) in [7, 11) is 0. The van der Waals surface area contributed by atoms with Gasteiger partial charge in [0.15, 0.2) is 11.5 Å². The summed E-state index contributed by atoms with van der Waals surface area (Å²) in [5.41, 5.74) is 2.06.